The lowest BCUT2D eigenvalue weighted by Gasteiger charge is -2.26. The van der Waals surface area contributed by atoms with Gasteiger partial charge in [-0.15, -0.1) is 0 Å². The van der Waals surface area contributed by atoms with Crippen molar-refractivity contribution in [3.63, 3.8) is 0 Å². The van der Waals surface area contributed by atoms with E-state index in [1.54, 1.807) is 24.1 Å². The van der Waals surface area contributed by atoms with Crippen LogP contribution in [0.1, 0.15) is 76.8 Å². The molecule has 8 nitrogen and oxygen atoms in total. The van der Waals surface area contributed by atoms with E-state index in [9.17, 15) is 4.21 Å². The molecule has 2 heterocycles. The lowest BCUT2D eigenvalue weighted by molar-refractivity contribution is 0.243. The van der Waals surface area contributed by atoms with Crippen molar-refractivity contribution < 1.29 is 8.95 Å². The van der Waals surface area contributed by atoms with Crippen LogP contribution in [-0.2, 0) is 17.8 Å². The highest BCUT2D eigenvalue weighted by Gasteiger charge is 2.22. The molecule has 0 saturated heterocycles. The number of aryl methyl sites for hydroxylation is 2. The molecule has 2 N–H and O–H groups in total. The van der Waals surface area contributed by atoms with Crippen molar-refractivity contribution in [1.29, 1.82) is 0 Å². The molecule has 1 fully saturated rings. The van der Waals surface area contributed by atoms with Gasteiger partial charge in [-0.1, -0.05) is 44.7 Å². The predicted molar refractivity (Wildman–Crippen MR) is 151 cm³/mol. The van der Waals surface area contributed by atoms with Gasteiger partial charge in [-0.25, -0.2) is 4.98 Å². The molecule has 4 rings (SSSR count). The van der Waals surface area contributed by atoms with E-state index in [1.165, 1.54) is 43.2 Å². The Morgan fingerprint density at radius 1 is 1.11 bits per heavy atom. The Balaban J connectivity index is 1.64. The Hall–Kier alpha value is -2.65. The number of aromatic nitrogens is 4. The maximum absolute atomic E-state index is 12.8. The first-order valence-corrected chi connectivity index (χ1v) is 14.5. The summed E-state index contributed by atoms with van der Waals surface area (Å²) in [5.74, 6) is 2.14. The van der Waals surface area contributed by atoms with Gasteiger partial charge in [0, 0.05) is 18.5 Å². The summed E-state index contributed by atoms with van der Waals surface area (Å²) in [6.45, 7) is 10.00. The van der Waals surface area contributed by atoms with Crippen LogP contribution >= 0.6 is 11.6 Å². The van der Waals surface area contributed by atoms with E-state index < -0.39 is 10.8 Å². The zero-order chi connectivity index (χ0) is 26.7. The Morgan fingerprint density at radius 2 is 1.84 bits per heavy atom. The number of nitrogens with one attached hydrogen (secondary N) is 2. The number of nitrogens with zero attached hydrogens (tertiary/aromatic N) is 4. The van der Waals surface area contributed by atoms with Crippen molar-refractivity contribution in [1.82, 2.24) is 19.7 Å². The van der Waals surface area contributed by atoms with Gasteiger partial charge < -0.3 is 15.4 Å². The standard InChI is InChI=1S/C27H37ClN6O2S/c1-16(2)36-24-13-20(19-10-8-7-9-11-19)18(5)12-22(24)31-27-29-14-21(28)25(32-27)30-23-15-34(6)33-26(23)37(35)17(3)4/h12-17,19H,7-11H2,1-6H3,(H2,29,30,31,32). The molecule has 1 aliphatic carbocycles. The van der Waals surface area contributed by atoms with Crippen LogP contribution in [0.15, 0.2) is 29.6 Å². The molecule has 0 aliphatic heterocycles. The first kappa shape index (κ1) is 27.4. The normalized spacial score (nSPS) is 15.3. The largest absolute Gasteiger partial charge is 0.489 e. The summed E-state index contributed by atoms with van der Waals surface area (Å²) in [4.78, 5) is 9.02. The molecule has 1 unspecified atom stereocenters. The molecule has 1 aromatic carbocycles. The quantitative estimate of drug-likeness (QED) is 0.299. The van der Waals surface area contributed by atoms with Gasteiger partial charge in [0.25, 0.3) is 0 Å². The molecule has 3 aromatic rings. The van der Waals surface area contributed by atoms with Crippen LogP contribution in [0.2, 0.25) is 5.02 Å². The fourth-order valence-electron chi connectivity index (χ4n) is 4.70. The molecule has 1 atom stereocenters. The van der Waals surface area contributed by atoms with Crippen LogP contribution in [0.3, 0.4) is 0 Å². The molecular formula is C27H37ClN6O2S. The fourth-order valence-corrected chi connectivity index (χ4v) is 5.81. The molecule has 1 aliphatic rings. The Kier molecular flexibility index (Phi) is 8.75. The lowest BCUT2D eigenvalue weighted by Crippen LogP contribution is -2.12. The summed E-state index contributed by atoms with van der Waals surface area (Å²) in [7, 11) is 0.516. The van der Waals surface area contributed by atoms with Crippen LogP contribution in [0.25, 0.3) is 0 Å². The lowest BCUT2D eigenvalue weighted by atomic mass is 9.82. The minimum Gasteiger partial charge on any atom is -0.489 e. The molecule has 37 heavy (non-hydrogen) atoms. The van der Waals surface area contributed by atoms with Crippen molar-refractivity contribution in [2.45, 2.75) is 89.0 Å². The highest BCUT2D eigenvalue weighted by atomic mass is 35.5. The summed E-state index contributed by atoms with van der Waals surface area (Å²) in [5.41, 5.74) is 4.00. The van der Waals surface area contributed by atoms with E-state index in [1.807, 2.05) is 27.7 Å². The maximum atomic E-state index is 12.8. The minimum atomic E-state index is -1.27. The second-order valence-corrected chi connectivity index (χ2v) is 12.5. The van der Waals surface area contributed by atoms with Gasteiger partial charge in [-0.3, -0.25) is 8.89 Å². The van der Waals surface area contributed by atoms with Crippen LogP contribution in [0.4, 0.5) is 23.1 Å². The van der Waals surface area contributed by atoms with E-state index in [0.717, 1.165) is 11.4 Å². The van der Waals surface area contributed by atoms with Crippen LogP contribution in [-0.4, -0.2) is 35.3 Å². The number of anilines is 4. The zero-order valence-corrected chi connectivity index (χ0v) is 24.0. The number of rotatable bonds is 9. The van der Waals surface area contributed by atoms with Crippen molar-refractivity contribution in [2.24, 2.45) is 7.05 Å². The number of halogens is 1. The van der Waals surface area contributed by atoms with Gasteiger partial charge in [-0.2, -0.15) is 10.1 Å². The fraction of sp³-hybridized carbons (Fsp3) is 0.519. The summed E-state index contributed by atoms with van der Waals surface area (Å²) >= 11 is 6.44. The molecule has 0 spiro atoms. The molecule has 10 heteroatoms. The van der Waals surface area contributed by atoms with Crippen LogP contribution in [0, 0.1) is 6.92 Å². The van der Waals surface area contributed by atoms with E-state index in [0.29, 0.717) is 33.4 Å². The maximum Gasteiger partial charge on any atom is 0.229 e. The monoisotopic (exact) mass is 544 g/mol. The Morgan fingerprint density at radius 3 is 2.51 bits per heavy atom. The molecule has 1 saturated carbocycles. The van der Waals surface area contributed by atoms with Crippen molar-refractivity contribution in [3.8, 4) is 5.75 Å². The Labute approximate surface area is 227 Å². The van der Waals surface area contributed by atoms with Gasteiger partial charge >= 0.3 is 0 Å². The van der Waals surface area contributed by atoms with Gasteiger partial charge in [0.15, 0.2) is 10.8 Å². The van der Waals surface area contributed by atoms with Gasteiger partial charge in [0.2, 0.25) is 5.95 Å². The van der Waals surface area contributed by atoms with Gasteiger partial charge in [-0.05, 0) is 62.8 Å². The topological polar surface area (TPSA) is 94.0 Å². The van der Waals surface area contributed by atoms with Crippen LogP contribution in [0.5, 0.6) is 5.75 Å². The molecule has 0 radical (unpaired) electrons. The third kappa shape index (κ3) is 6.62. The van der Waals surface area contributed by atoms with Crippen LogP contribution < -0.4 is 15.4 Å². The smallest absolute Gasteiger partial charge is 0.229 e. The predicted octanol–water partition coefficient (Wildman–Crippen LogP) is 7.01. The number of ether oxygens (including phenoxy) is 1. The van der Waals surface area contributed by atoms with Gasteiger partial charge in [0.1, 0.15) is 10.8 Å². The van der Waals surface area contributed by atoms with Crippen molar-refractivity contribution in [3.05, 3.63) is 40.7 Å². The summed E-state index contributed by atoms with van der Waals surface area (Å²) in [6.07, 6.45) is 9.66. The van der Waals surface area contributed by atoms with Gasteiger partial charge in [0.05, 0.1) is 34.5 Å². The van der Waals surface area contributed by atoms with E-state index in [2.05, 4.69) is 44.8 Å². The molecule has 0 amide bonds. The molecule has 200 valence electrons. The Bertz CT molecular complexity index is 1270. The SMILES string of the molecule is Cc1cc(Nc2ncc(Cl)c(Nc3cn(C)nc3S(=O)C(C)C)n2)c(OC(C)C)cc1C1CCCCC1. The highest BCUT2D eigenvalue weighted by Crippen LogP contribution is 2.40. The van der Waals surface area contributed by atoms with E-state index >= 15 is 0 Å². The molecule has 0 bridgehead atoms. The van der Waals surface area contributed by atoms with Crippen molar-refractivity contribution in [2.75, 3.05) is 10.6 Å². The average Bonchev–Trinajstić information content (AvgIpc) is 3.22. The molecular weight excluding hydrogens is 508 g/mol. The third-order valence-corrected chi connectivity index (χ3v) is 8.25. The average molecular weight is 545 g/mol. The summed E-state index contributed by atoms with van der Waals surface area (Å²) < 4.78 is 20.6. The first-order chi connectivity index (χ1) is 17.6. The third-order valence-electron chi connectivity index (χ3n) is 6.43. The molecule has 2 aromatic heterocycles. The first-order valence-electron chi connectivity index (χ1n) is 12.9. The highest BCUT2D eigenvalue weighted by molar-refractivity contribution is 7.85. The number of benzene rings is 1. The van der Waals surface area contributed by atoms with E-state index in [-0.39, 0.29) is 11.4 Å². The van der Waals surface area contributed by atoms with E-state index in [4.69, 9.17) is 16.3 Å². The summed E-state index contributed by atoms with van der Waals surface area (Å²) in [6, 6.07) is 4.31. The number of hydrogen-bond acceptors (Lipinski definition) is 7. The minimum absolute atomic E-state index is 0.0247. The van der Waals surface area contributed by atoms with Crippen molar-refractivity contribution >= 4 is 45.5 Å². The second-order valence-electron chi connectivity index (χ2n) is 10.2. The summed E-state index contributed by atoms with van der Waals surface area (Å²) in [5, 5.41) is 11.6. The zero-order valence-electron chi connectivity index (χ0n) is 22.5. The second kappa shape index (κ2) is 11.8. The number of hydrogen-bond donors (Lipinski definition) is 2.